The molecule has 2 saturated heterocycles. The van der Waals surface area contributed by atoms with E-state index in [0.717, 1.165) is 24.7 Å². The molecule has 3 unspecified atom stereocenters. The molecule has 0 aliphatic carbocycles. The number of aromatic nitrogens is 1. The van der Waals surface area contributed by atoms with Crippen LogP contribution in [0.1, 0.15) is 61.2 Å². The van der Waals surface area contributed by atoms with Crippen molar-refractivity contribution < 1.29 is 0 Å². The van der Waals surface area contributed by atoms with Crippen LogP contribution in [-0.4, -0.2) is 34.6 Å². The molecule has 3 heterocycles. The maximum Gasteiger partial charge on any atom is 0.0900 e. The van der Waals surface area contributed by atoms with Crippen LogP contribution in [0, 0.1) is 13.8 Å². The van der Waals surface area contributed by atoms with Crippen LogP contribution in [0.15, 0.2) is 0 Å². The highest BCUT2D eigenvalue weighted by atomic mass is 32.1. The monoisotopic (exact) mass is 293 g/mol. The van der Waals surface area contributed by atoms with Gasteiger partial charge in [0, 0.05) is 29.0 Å². The van der Waals surface area contributed by atoms with Crippen LogP contribution in [0.25, 0.3) is 0 Å². The average molecular weight is 293 g/mol. The van der Waals surface area contributed by atoms with Crippen molar-refractivity contribution >= 4 is 11.3 Å². The third kappa shape index (κ3) is 2.66. The van der Waals surface area contributed by atoms with Gasteiger partial charge in [0.15, 0.2) is 0 Å². The highest BCUT2D eigenvalue weighted by molar-refractivity contribution is 7.11. The number of aryl methyl sites for hydroxylation is 2. The molecular weight excluding hydrogens is 266 g/mol. The fourth-order valence-corrected chi connectivity index (χ4v) is 5.23. The predicted molar refractivity (Wildman–Crippen MR) is 85.4 cm³/mol. The Morgan fingerprint density at radius 2 is 1.95 bits per heavy atom. The summed E-state index contributed by atoms with van der Waals surface area (Å²) in [5.41, 5.74) is 1.23. The molecule has 1 aromatic heterocycles. The maximum atomic E-state index is 4.62. The second-order valence-corrected chi connectivity index (χ2v) is 7.69. The lowest BCUT2D eigenvalue weighted by Crippen LogP contribution is -2.48. The van der Waals surface area contributed by atoms with Gasteiger partial charge in [0.2, 0.25) is 0 Å². The van der Waals surface area contributed by atoms with Gasteiger partial charge in [-0.05, 0) is 53.0 Å². The third-order valence-electron chi connectivity index (χ3n) is 5.10. The Morgan fingerprint density at radius 1 is 1.30 bits per heavy atom. The van der Waals surface area contributed by atoms with E-state index in [4.69, 9.17) is 0 Å². The minimum absolute atomic E-state index is 0.508. The first kappa shape index (κ1) is 14.5. The Balaban J connectivity index is 1.77. The molecule has 1 aromatic rings. The first-order chi connectivity index (χ1) is 9.58. The molecule has 0 aromatic carbocycles. The number of piperidine rings is 1. The van der Waals surface area contributed by atoms with E-state index in [0.29, 0.717) is 6.04 Å². The molecule has 3 rings (SSSR count). The van der Waals surface area contributed by atoms with Gasteiger partial charge in [0.05, 0.1) is 10.7 Å². The summed E-state index contributed by atoms with van der Waals surface area (Å²) >= 11 is 1.88. The summed E-state index contributed by atoms with van der Waals surface area (Å²) in [7, 11) is 0. The highest BCUT2D eigenvalue weighted by Crippen LogP contribution is 2.36. The lowest BCUT2D eigenvalue weighted by atomic mass is 9.96. The van der Waals surface area contributed by atoms with Gasteiger partial charge < -0.3 is 5.32 Å². The van der Waals surface area contributed by atoms with Crippen LogP contribution in [0.2, 0.25) is 0 Å². The topological polar surface area (TPSA) is 28.2 Å². The van der Waals surface area contributed by atoms with Crippen LogP contribution in [0.4, 0.5) is 0 Å². The van der Waals surface area contributed by atoms with E-state index < -0.39 is 0 Å². The summed E-state index contributed by atoms with van der Waals surface area (Å²) in [6.45, 7) is 10.1. The number of hydrogen-bond acceptors (Lipinski definition) is 4. The lowest BCUT2D eigenvalue weighted by Gasteiger charge is -2.40. The van der Waals surface area contributed by atoms with Gasteiger partial charge in [0.25, 0.3) is 0 Å². The summed E-state index contributed by atoms with van der Waals surface area (Å²) in [4.78, 5) is 8.80. The van der Waals surface area contributed by atoms with E-state index in [2.05, 4.69) is 42.9 Å². The van der Waals surface area contributed by atoms with Gasteiger partial charge in [-0.1, -0.05) is 6.92 Å². The zero-order valence-corrected chi connectivity index (χ0v) is 14.0. The largest absolute Gasteiger partial charge is 0.311 e. The molecule has 2 bridgehead atoms. The van der Waals surface area contributed by atoms with E-state index in [9.17, 15) is 0 Å². The molecule has 20 heavy (non-hydrogen) atoms. The highest BCUT2D eigenvalue weighted by Gasteiger charge is 2.37. The Kier molecular flexibility index (Phi) is 4.16. The first-order valence-corrected chi connectivity index (χ1v) is 8.85. The lowest BCUT2D eigenvalue weighted by molar-refractivity contribution is 0.109. The standard InChI is InChI=1S/C16H27N3S/c1-5-19(11(3)16-10(2)17-12(4)20-16)15-8-13-6-7-14(9-15)18-13/h11,13-15,18H,5-9H2,1-4H3. The van der Waals surface area contributed by atoms with Crippen molar-refractivity contribution in [3.63, 3.8) is 0 Å². The van der Waals surface area contributed by atoms with Crippen LogP contribution < -0.4 is 5.32 Å². The van der Waals surface area contributed by atoms with E-state index in [1.165, 1.54) is 41.3 Å². The fraction of sp³-hybridized carbons (Fsp3) is 0.812. The van der Waals surface area contributed by atoms with Gasteiger partial charge in [-0.25, -0.2) is 4.98 Å². The minimum atomic E-state index is 0.508. The zero-order valence-electron chi connectivity index (χ0n) is 13.1. The van der Waals surface area contributed by atoms with Gasteiger partial charge in [-0.3, -0.25) is 4.90 Å². The molecule has 112 valence electrons. The smallest absolute Gasteiger partial charge is 0.0900 e. The second-order valence-electron chi connectivity index (χ2n) is 6.45. The van der Waals surface area contributed by atoms with Gasteiger partial charge in [-0.2, -0.15) is 0 Å². The van der Waals surface area contributed by atoms with Gasteiger partial charge in [0.1, 0.15) is 0 Å². The van der Waals surface area contributed by atoms with Crippen LogP contribution in [0.5, 0.6) is 0 Å². The first-order valence-electron chi connectivity index (χ1n) is 8.04. The quantitative estimate of drug-likeness (QED) is 0.922. The molecular formula is C16H27N3S. The summed E-state index contributed by atoms with van der Waals surface area (Å²) in [5, 5.41) is 4.96. The van der Waals surface area contributed by atoms with Crippen LogP contribution >= 0.6 is 11.3 Å². The maximum absolute atomic E-state index is 4.62. The minimum Gasteiger partial charge on any atom is -0.311 e. The normalized spacial score (nSPS) is 30.9. The molecule has 0 amide bonds. The van der Waals surface area contributed by atoms with Crippen molar-refractivity contribution in [2.45, 2.75) is 77.5 Å². The molecule has 2 aliphatic heterocycles. The van der Waals surface area contributed by atoms with Crippen molar-refractivity contribution in [2.24, 2.45) is 0 Å². The number of nitrogens with zero attached hydrogens (tertiary/aromatic N) is 2. The van der Waals surface area contributed by atoms with E-state index in [1.54, 1.807) is 0 Å². The summed E-state index contributed by atoms with van der Waals surface area (Å²) in [5.74, 6) is 0. The van der Waals surface area contributed by atoms with Gasteiger partial charge in [-0.15, -0.1) is 11.3 Å². The molecule has 3 atom stereocenters. The fourth-order valence-electron chi connectivity index (χ4n) is 4.23. The number of nitrogens with one attached hydrogen (secondary N) is 1. The molecule has 0 spiro atoms. The molecule has 3 nitrogen and oxygen atoms in total. The van der Waals surface area contributed by atoms with Crippen molar-refractivity contribution in [2.75, 3.05) is 6.54 Å². The molecule has 2 fully saturated rings. The van der Waals surface area contributed by atoms with E-state index in [-0.39, 0.29) is 0 Å². The Morgan fingerprint density at radius 3 is 2.45 bits per heavy atom. The van der Waals surface area contributed by atoms with E-state index in [1.807, 2.05) is 11.3 Å². The third-order valence-corrected chi connectivity index (χ3v) is 6.34. The van der Waals surface area contributed by atoms with Crippen molar-refractivity contribution in [1.82, 2.24) is 15.2 Å². The predicted octanol–water partition coefficient (Wildman–Crippen LogP) is 3.43. The number of fused-ring (bicyclic) bond motifs is 2. The molecule has 0 radical (unpaired) electrons. The number of rotatable bonds is 4. The van der Waals surface area contributed by atoms with Crippen molar-refractivity contribution in [1.29, 1.82) is 0 Å². The summed E-state index contributed by atoms with van der Waals surface area (Å²) < 4.78 is 0. The summed E-state index contributed by atoms with van der Waals surface area (Å²) in [6.07, 6.45) is 5.41. The van der Waals surface area contributed by atoms with Gasteiger partial charge >= 0.3 is 0 Å². The average Bonchev–Trinajstić information content (AvgIpc) is 2.92. The van der Waals surface area contributed by atoms with Crippen LogP contribution in [-0.2, 0) is 0 Å². The Labute approximate surface area is 126 Å². The van der Waals surface area contributed by atoms with Crippen LogP contribution in [0.3, 0.4) is 0 Å². The molecule has 1 N–H and O–H groups in total. The number of thiazole rings is 1. The molecule has 4 heteroatoms. The Bertz CT molecular complexity index is 458. The zero-order chi connectivity index (χ0) is 14.3. The molecule has 0 saturated carbocycles. The van der Waals surface area contributed by atoms with Crippen molar-refractivity contribution in [3.05, 3.63) is 15.6 Å². The summed E-state index contributed by atoms with van der Waals surface area (Å²) in [6, 6.07) is 2.79. The van der Waals surface area contributed by atoms with Crippen molar-refractivity contribution in [3.8, 4) is 0 Å². The van der Waals surface area contributed by atoms with E-state index >= 15 is 0 Å². The Hall–Kier alpha value is -0.450. The SMILES string of the molecule is CCN(C1CC2CCC(C1)N2)C(C)c1sc(C)nc1C. The molecule has 2 aliphatic rings. The number of hydrogen-bond donors (Lipinski definition) is 1. The second kappa shape index (κ2) is 5.74.